The third-order valence-electron chi connectivity index (χ3n) is 5.01. The number of rotatable bonds is 8. The molecule has 1 heterocycles. The Morgan fingerprint density at radius 2 is 1.85 bits per heavy atom. The van der Waals surface area contributed by atoms with Crippen molar-refractivity contribution in [2.24, 2.45) is 7.05 Å². The van der Waals surface area contributed by atoms with Gasteiger partial charge in [-0.15, -0.1) is 10.2 Å². The second-order valence-electron chi connectivity index (χ2n) is 7.31. The molecule has 0 saturated carbocycles. The van der Waals surface area contributed by atoms with Crippen molar-refractivity contribution in [3.8, 4) is 5.75 Å². The second-order valence-corrected chi connectivity index (χ2v) is 8.62. The number of nitro benzene ring substituents is 1. The fraction of sp³-hybridized carbons (Fsp3) is 0.174. The number of nitro groups is 1. The average Bonchev–Trinajstić information content (AvgIpc) is 3.16. The number of aromatic nitrogens is 3. The first-order chi connectivity index (χ1) is 15.9. The number of thioether (sulfide) groups is 1. The number of benzene rings is 3. The Hall–Kier alpha value is -3.92. The first kappa shape index (κ1) is 22.3. The highest BCUT2D eigenvalue weighted by Crippen LogP contribution is 2.25. The largest absolute Gasteiger partial charge is 0.486 e. The number of non-ortho nitro benzene ring substituents is 1. The lowest BCUT2D eigenvalue weighted by Crippen LogP contribution is -2.22. The van der Waals surface area contributed by atoms with Gasteiger partial charge in [-0.25, -0.2) is 0 Å². The van der Waals surface area contributed by atoms with Gasteiger partial charge in [0.2, 0.25) is 5.91 Å². The summed E-state index contributed by atoms with van der Waals surface area (Å²) in [6.45, 7) is 2.00. The maximum atomic E-state index is 12.5. The quantitative estimate of drug-likeness (QED) is 0.231. The van der Waals surface area contributed by atoms with Gasteiger partial charge in [0, 0.05) is 24.9 Å². The summed E-state index contributed by atoms with van der Waals surface area (Å²) in [5.41, 5.74) is 0.452. The summed E-state index contributed by atoms with van der Waals surface area (Å²) in [5, 5.41) is 24.2. The zero-order valence-corrected chi connectivity index (χ0v) is 18.8. The van der Waals surface area contributed by atoms with Crippen LogP contribution in [0.15, 0.2) is 71.9 Å². The minimum atomic E-state index is -0.487. The van der Waals surface area contributed by atoms with E-state index in [0.717, 1.165) is 16.5 Å². The molecule has 0 aliphatic carbocycles. The summed E-state index contributed by atoms with van der Waals surface area (Å²) in [6.07, 6.45) is 0. The molecule has 10 heteroatoms. The summed E-state index contributed by atoms with van der Waals surface area (Å²) in [5.74, 6) is 1.13. The minimum Gasteiger partial charge on any atom is -0.486 e. The Morgan fingerprint density at radius 3 is 2.58 bits per heavy atom. The van der Waals surface area contributed by atoms with Gasteiger partial charge in [0.25, 0.3) is 5.69 Å². The van der Waals surface area contributed by atoms with Crippen molar-refractivity contribution in [3.63, 3.8) is 0 Å². The number of amides is 1. The molecule has 3 aromatic carbocycles. The van der Waals surface area contributed by atoms with Crippen LogP contribution in [0.3, 0.4) is 0 Å². The van der Waals surface area contributed by atoms with Crippen LogP contribution in [0, 0.1) is 10.1 Å². The van der Waals surface area contributed by atoms with E-state index < -0.39 is 10.2 Å². The van der Waals surface area contributed by atoms with Crippen molar-refractivity contribution in [2.75, 3.05) is 5.32 Å². The molecule has 33 heavy (non-hydrogen) atoms. The first-order valence-corrected chi connectivity index (χ1v) is 11.0. The van der Waals surface area contributed by atoms with Gasteiger partial charge in [-0.1, -0.05) is 42.1 Å². The van der Waals surface area contributed by atoms with Gasteiger partial charge in [0.05, 0.1) is 10.2 Å². The van der Waals surface area contributed by atoms with Crippen LogP contribution in [0.2, 0.25) is 0 Å². The normalized spacial score (nSPS) is 11.8. The summed E-state index contributed by atoms with van der Waals surface area (Å²) in [6, 6.07) is 19.6. The van der Waals surface area contributed by atoms with Crippen LogP contribution in [-0.4, -0.2) is 30.8 Å². The number of carbonyl (C=O) groups is 1. The molecule has 0 saturated heterocycles. The van der Waals surface area contributed by atoms with Gasteiger partial charge in [0.15, 0.2) is 11.0 Å². The number of fused-ring (bicyclic) bond motifs is 1. The molecule has 1 aromatic heterocycles. The van der Waals surface area contributed by atoms with Crippen molar-refractivity contribution in [2.45, 2.75) is 23.9 Å². The SMILES string of the molecule is C[C@@H](Sc1nnc(COc2ccc3ccccc3c2)n1C)C(=O)Nc1ccc([N+](=O)[O-])cc1. The monoisotopic (exact) mass is 463 g/mol. The third kappa shape index (κ3) is 5.29. The minimum absolute atomic E-state index is 0.0343. The molecule has 0 unspecified atom stereocenters. The van der Waals surface area contributed by atoms with Crippen LogP contribution in [0.25, 0.3) is 10.8 Å². The van der Waals surface area contributed by atoms with Crippen molar-refractivity contribution >= 4 is 39.8 Å². The number of ether oxygens (including phenoxy) is 1. The van der Waals surface area contributed by atoms with E-state index in [2.05, 4.69) is 15.5 Å². The molecular formula is C23H21N5O4S. The molecule has 0 aliphatic heterocycles. The zero-order chi connectivity index (χ0) is 23.4. The lowest BCUT2D eigenvalue weighted by atomic mass is 10.1. The summed E-state index contributed by atoms with van der Waals surface area (Å²) in [7, 11) is 1.82. The van der Waals surface area contributed by atoms with E-state index in [9.17, 15) is 14.9 Å². The van der Waals surface area contributed by atoms with E-state index in [1.165, 1.54) is 36.0 Å². The molecule has 4 rings (SSSR count). The Kier molecular flexibility index (Phi) is 6.55. The van der Waals surface area contributed by atoms with Crippen molar-refractivity contribution in [1.82, 2.24) is 14.8 Å². The average molecular weight is 464 g/mol. The lowest BCUT2D eigenvalue weighted by molar-refractivity contribution is -0.384. The molecule has 4 aromatic rings. The number of hydrogen-bond donors (Lipinski definition) is 1. The third-order valence-corrected chi connectivity index (χ3v) is 6.14. The molecule has 0 bridgehead atoms. The van der Waals surface area contributed by atoms with Crippen LogP contribution in [0.4, 0.5) is 11.4 Å². The molecule has 0 fully saturated rings. The molecule has 1 N–H and O–H groups in total. The predicted octanol–water partition coefficient (Wildman–Crippen LogP) is 4.57. The summed E-state index contributed by atoms with van der Waals surface area (Å²) >= 11 is 1.26. The van der Waals surface area contributed by atoms with Crippen LogP contribution in [-0.2, 0) is 18.4 Å². The standard InChI is InChI=1S/C23H21N5O4S/c1-15(22(29)24-18-8-10-19(11-9-18)28(30)31)33-23-26-25-21(27(23)2)14-32-20-12-7-16-5-3-4-6-17(16)13-20/h3-13,15H,14H2,1-2H3,(H,24,29)/t15-/m1/s1. The molecular weight excluding hydrogens is 442 g/mol. The number of nitrogens with zero attached hydrogens (tertiary/aromatic N) is 4. The van der Waals surface area contributed by atoms with Gasteiger partial charge in [-0.05, 0) is 42.0 Å². The van der Waals surface area contributed by atoms with Crippen LogP contribution in [0.5, 0.6) is 5.75 Å². The Bertz CT molecular complexity index is 1310. The molecule has 1 amide bonds. The first-order valence-electron chi connectivity index (χ1n) is 10.1. The van der Waals surface area contributed by atoms with E-state index in [0.29, 0.717) is 16.7 Å². The van der Waals surface area contributed by atoms with E-state index in [4.69, 9.17) is 4.74 Å². The summed E-state index contributed by atoms with van der Waals surface area (Å²) < 4.78 is 7.69. The number of carbonyl (C=O) groups excluding carboxylic acids is 1. The Morgan fingerprint density at radius 1 is 1.12 bits per heavy atom. The van der Waals surface area contributed by atoms with Crippen LogP contribution >= 0.6 is 11.8 Å². The zero-order valence-electron chi connectivity index (χ0n) is 18.0. The molecule has 1 atom stereocenters. The van der Waals surface area contributed by atoms with Gasteiger partial charge >= 0.3 is 0 Å². The predicted molar refractivity (Wildman–Crippen MR) is 126 cm³/mol. The Labute approximate surface area is 193 Å². The van der Waals surface area contributed by atoms with Crippen molar-refractivity contribution in [1.29, 1.82) is 0 Å². The maximum Gasteiger partial charge on any atom is 0.269 e. The second kappa shape index (κ2) is 9.70. The molecule has 168 valence electrons. The number of anilines is 1. The highest BCUT2D eigenvalue weighted by atomic mass is 32.2. The van der Waals surface area contributed by atoms with Crippen molar-refractivity contribution in [3.05, 3.63) is 82.7 Å². The molecule has 9 nitrogen and oxygen atoms in total. The number of nitrogens with one attached hydrogen (secondary N) is 1. The highest BCUT2D eigenvalue weighted by Gasteiger charge is 2.19. The topological polar surface area (TPSA) is 112 Å². The molecule has 0 radical (unpaired) electrons. The summed E-state index contributed by atoms with van der Waals surface area (Å²) in [4.78, 5) is 22.8. The molecule has 0 aliphatic rings. The van der Waals surface area contributed by atoms with Gasteiger partial charge in [-0.3, -0.25) is 14.9 Å². The highest BCUT2D eigenvalue weighted by molar-refractivity contribution is 8.00. The number of hydrogen-bond acceptors (Lipinski definition) is 7. The van der Waals surface area contributed by atoms with E-state index in [-0.39, 0.29) is 18.2 Å². The van der Waals surface area contributed by atoms with Crippen LogP contribution < -0.4 is 10.1 Å². The maximum absolute atomic E-state index is 12.5. The molecule has 0 spiro atoms. The lowest BCUT2D eigenvalue weighted by Gasteiger charge is -2.12. The van der Waals surface area contributed by atoms with Crippen LogP contribution in [0.1, 0.15) is 12.7 Å². The van der Waals surface area contributed by atoms with E-state index >= 15 is 0 Å². The van der Waals surface area contributed by atoms with Crippen molar-refractivity contribution < 1.29 is 14.5 Å². The Balaban J connectivity index is 1.35. The van der Waals surface area contributed by atoms with Gasteiger partial charge in [0.1, 0.15) is 12.4 Å². The van der Waals surface area contributed by atoms with Gasteiger partial charge < -0.3 is 14.6 Å². The fourth-order valence-corrected chi connectivity index (χ4v) is 3.93. The van der Waals surface area contributed by atoms with Gasteiger partial charge in [-0.2, -0.15) is 0 Å². The van der Waals surface area contributed by atoms with E-state index in [1.807, 2.05) is 49.5 Å². The smallest absolute Gasteiger partial charge is 0.269 e. The van der Waals surface area contributed by atoms with E-state index in [1.54, 1.807) is 11.5 Å². The fourth-order valence-electron chi connectivity index (χ4n) is 3.10.